The first-order valence-corrected chi connectivity index (χ1v) is 4.37. The lowest BCUT2D eigenvalue weighted by Gasteiger charge is -2.22. The summed E-state index contributed by atoms with van der Waals surface area (Å²) in [5.41, 5.74) is 0. The molecule has 1 rings (SSSR count). The van der Waals surface area contributed by atoms with Gasteiger partial charge in [-0.05, 0) is 0 Å². The van der Waals surface area contributed by atoms with Gasteiger partial charge in [0.25, 0.3) is 5.78 Å². The molecule has 1 aliphatic heterocycles. The van der Waals surface area contributed by atoms with Gasteiger partial charge >= 0.3 is 29.7 Å². The molecule has 0 aliphatic carbocycles. The van der Waals surface area contributed by atoms with Gasteiger partial charge in [0, 0.05) is 0 Å². The number of ether oxygens (including phenoxy) is 1. The van der Waals surface area contributed by atoms with Crippen LogP contribution < -0.4 is 0 Å². The average molecular weight is 262 g/mol. The molecule has 0 saturated carbocycles. The first kappa shape index (κ1) is 13.6. The fourth-order valence-electron chi connectivity index (χ4n) is 0.939. The molecule has 98 valence electrons. The Hall–Kier alpha value is -2.49. The van der Waals surface area contributed by atoms with Crippen LogP contribution in [0.3, 0.4) is 0 Å². The Morgan fingerprint density at radius 3 is 2.28 bits per heavy atom. The Bertz CT molecular complexity index is 437. The number of aliphatic carboxylic acids is 1. The van der Waals surface area contributed by atoms with Crippen molar-refractivity contribution in [3.05, 3.63) is 0 Å². The second kappa shape index (κ2) is 4.79. The molecular formula is C8H6O10. The van der Waals surface area contributed by atoms with Crippen LogP contribution in [-0.2, 0) is 38.5 Å². The molecule has 0 radical (unpaired) electrons. The maximum atomic E-state index is 11.1. The minimum atomic E-state index is -3.20. The van der Waals surface area contributed by atoms with Crippen molar-refractivity contribution in [3.8, 4) is 0 Å². The lowest BCUT2D eigenvalue weighted by Crippen LogP contribution is -2.46. The summed E-state index contributed by atoms with van der Waals surface area (Å²) in [4.78, 5) is 61.8. The number of Topliss-reactive ketones (excluding diaryl/α,β-unsaturated/α-hetero) is 1. The van der Waals surface area contributed by atoms with Crippen LogP contribution in [0.25, 0.3) is 0 Å². The van der Waals surface area contributed by atoms with E-state index in [-0.39, 0.29) is 0 Å². The molecule has 0 aromatic rings. The smallest absolute Gasteiger partial charge is 0.422 e. The van der Waals surface area contributed by atoms with E-state index in [1.807, 2.05) is 0 Å². The topological polar surface area (TPSA) is 153 Å². The molecule has 1 unspecified atom stereocenters. The number of esters is 1. The van der Waals surface area contributed by atoms with Gasteiger partial charge < -0.3 is 14.9 Å². The number of carboxylic acids is 1. The van der Waals surface area contributed by atoms with Gasteiger partial charge in [0.1, 0.15) is 12.8 Å². The first-order valence-electron chi connectivity index (χ1n) is 4.37. The summed E-state index contributed by atoms with van der Waals surface area (Å²) >= 11 is 0. The molecule has 1 saturated heterocycles. The monoisotopic (exact) mass is 262 g/mol. The summed E-state index contributed by atoms with van der Waals surface area (Å²) in [6.45, 7) is 0. The standard InChI is InChI=1S/C8H6O10/c9-3-1-4(10)16-8(15,7(13)14)2-5(11)17-18-6(3)12/h15H,1-2H2,(H,13,14). The van der Waals surface area contributed by atoms with Crippen molar-refractivity contribution < 1.29 is 48.7 Å². The third kappa shape index (κ3) is 3.01. The summed E-state index contributed by atoms with van der Waals surface area (Å²) in [6, 6.07) is 0. The van der Waals surface area contributed by atoms with Crippen molar-refractivity contribution in [2.75, 3.05) is 0 Å². The van der Waals surface area contributed by atoms with Crippen LogP contribution in [0.15, 0.2) is 0 Å². The van der Waals surface area contributed by atoms with E-state index in [1.54, 1.807) is 0 Å². The minimum absolute atomic E-state index is 1.16. The largest absolute Gasteiger partial charge is 0.476 e. The zero-order valence-corrected chi connectivity index (χ0v) is 8.57. The van der Waals surface area contributed by atoms with E-state index in [4.69, 9.17) is 5.11 Å². The highest BCUT2D eigenvalue weighted by Gasteiger charge is 2.45. The molecule has 10 heteroatoms. The van der Waals surface area contributed by atoms with Crippen molar-refractivity contribution in [2.24, 2.45) is 0 Å². The molecule has 1 aliphatic rings. The van der Waals surface area contributed by atoms with E-state index in [2.05, 4.69) is 14.5 Å². The summed E-state index contributed by atoms with van der Waals surface area (Å²) in [5.74, 6) is -11.3. The predicted molar refractivity (Wildman–Crippen MR) is 45.1 cm³/mol. The zero-order chi connectivity index (χ0) is 13.9. The van der Waals surface area contributed by atoms with Gasteiger partial charge in [0.05, 0.1) is 0 Å². The van der Waals surface area contributed by atoms with Gasteiger partial charge in [-0.25, -0.2) is 24.2 Å². The molecule has 1 heterocycles. The van der Waals surface area contributed by atoms with E-state index >= 15 is 0 Å². The summed E-state index contributed by atoms with van der Waals surface area (Å²) < 4.78 is 4.05. The SMILES string of the molecule is O=C1CC(O)(C(=O)O)OC(=O)CC(=O)C(=O)OO1. The fraction of sp³-hybridized carbons (Fsp3) is 0.375. The molecule has 0 aromatic carbocycles. The predicted octanol–water partition coefficient (Wildman–Crippen LogP) is -2.33. The van der Waals surface area contributed by atoms with E-state index in [0.717, 1.165) is 0 Å². The zero-order valence-electron chi connectivity index (χ0n) is 8.57. The average Bonchev–Trinajstić information content (AvgIpc) is 2.23. The van der Waals surface area contributed by atoms with Crippen molar-refractivity contribution in [3.63, 3.8) is 0 Å². The lowest BCUT2D eigenvalue weighted by atomic mass is 10.2. The highest BCUT2D eigenvalue weighted by molar-refractivity contribution is 6.36. The lowest BCUT2D eigenvalue weighted by molar-refractivity contribution is -0.269. The molecule has 18 heavy (non-hydrogen) atoms. The normalized spacial score (nSPS) is 25.8. The second-order valence-electron chi connectivity index (χ2n) is 3.17. The molecule has 0 spiro atoms. The van der Waals surface area contributed by atoms with Crippen molar-refractivity contribution in [2.45, 2.75) is 18.6 Å². The maximum Gasteiger partial charge on any atom is 0.422 e. The first-order chi connectivity index (χ1) is 8.24. The molecule has 0 aromatic heterocycles. The molecule has 1 atom stereocenters. The Morgan fingerprint density at radius 2 is 1.72 bits per heavy atom. The van der Waals surface area contributed by atoms with E-state index in [1.165, 1.54) is 0 Å². The minimum Gasteiger partial charge on any atom is -0.476 e. The number of rotatable bonds is 1. The molecular weight excluding hydrogens is 256 g/mol. The molecule has 10 nitrogen and oxygen atoms in total. The van der Waals surface area contributed by atoms with Crippen LogP contribution in [0.2, 0.25) is 0 Å². The van der Waals surface area contributed by atoms with E-state index < -0.39 is 48.3 Å². The van der Waals surface area contributed by atoms with Crippen LogP contribution in [-0.4, -0.2) is 45.7 Å². The summed E-state index contributed by atoms with van der Waals surface area (Å²) in [7, 11) is 0. The van der Waals surface area contributed by atoms with Crippen LogP contribution in [0, 0.1) is 0 Å². The number of carbonyl (C=O) groups is 5. The van der Waals surface area contributed by atoms with E-state index in [9.17, 15) is 29.1 Å². The van der Waals surface area contributed by atoms with Crippen molar-refractivity contribution >= 4 is 29.7 Å². The summed E-state index contributed by atoms with van der Waals surface area (Å²) in [5, 5.41) is 18.0. The third-order valence-electron chi connectivity index (χ3n) is 1.74. The van der Waals surface area contributed by atoms with E-state index in [0.29, 0.717) is 0 Å². The number of hydrogen-bond donors (Lipinski definition) is 2. The quantitative estimate of drug-likeness (QED) is 0.227. The number of aliphatic hydroxyl groups is 1. The van der Waals surface area contributed by atoms with Gasteiger partial charge in [0.2, 0.25) is 0 Å². The van der Waals surface area contributed by atoms with Crippen LogP contribution in [0.4, 0.5) is 0 Å². The molecule has 0 amide bonds. The van der Waals surface area contributed by atoms with Gasteiger partial charge in [-0.15, -0.1) is 0 Å². The summed E-state index contributed by atoms with van der Waals surface area (Å²) in [6.07, 6.45) is -2.47. The number of cyclic esters (lactones) is 1. The molecule has 1 fully saturated rings. The van der Waals surface area contributed by atoms with Crippen molar-refractivity contribution in [1.82, 2.24) is 0 Å². The van der Waals surface area contributed by atoms with Crippen LogP contribution >= 0.6 is 0 Å². The number of ketones is 1. The van der Waals surface area contributed by atoms with Crippen molar-refractivity contribution in [1.29, 1.82) is 0 Å². The Kier molecular flexibility index (Phi) is 3.61. The Labute approximate surface area is 98.0 Å². The number of hydrogen-bond acceptors (Lipinski definition) is 9. The van der Waals surface area contributed by atoms with Gasteiger partial charge in [0.15, 0.2) is 0 Å². The second-order valence-corrected chi connectivity index (χ2v) is 3.17. The highest BCUT2D eigenvalue weighted by Crippen LogP contribution is 2.16. The molecule has 0 bridgehead atoms. The van der Waals surface area contributed by atoms with Crippen LogP contribution in [0.5, 0.6) is 0 Å². The molecule has 2 N–H and O–H groups in total. The maximum absolute atomic E-state index is 11.1. The Balaban J connectivity index is 2.98. The fourth-order valence-corrected chi connectivity index (χ4v) is 0.939. The van der Waals surface area contributed by atoms with Crippen LogP contribution in [0.1, 0.15) is 12.8 Å². The van der Waals surface area contributed by atoms with Gasteiger partial charge in [-0.2, -0.15) is 0 Å². The number of carboxylic acid groups (broad SMARTS) is 1. The van der Waals surface area contributed by atoms with Gasteiger partial charge in [-0.3, -0.25) is 9.59 Å². The highest BCUT2D eigenvalue weighted by atomic mass is 17.2. The Morgan fingerprint density at radius 1 is 1.11 bits per heavy atom. The van der Waals surface area contributed by atoms with Gasteiger partial charge in [-0.1, -0.05) is 0 Å². The third-order valence-corrected chi connectivity index (χ3v) is 1.74. The number of carbonyl (C=O) groups excluding carboxylic acids is 4.